The third kappa shape index (κ3) is 4.89. The molecule has 1 saturated heterocycles. The highest BCUT2D eigenvalue weighted by atomic mass is 35.5. The van der Waals surface area contributed by atoms with Gasteiger partial charge < -0.3 is 16.0 Å². The predicted molar refractivity (Wildman–Crippen MR) is 135 cm³/mol. The number of halogens is 1. The Morgan fingerprint density at radius 1 is 1.03 bits per heavy atom. The lowest BCUT2D eigenvalue weighted by atomic mass is 9.73. The van der Waals surface area contributed by atoms with Crippen LogP contribution in [0.1, 0.15) is 67.4 Å². The van der Waals surface area contributed by atoms with Crippen LogP contribution >= 0.6 is 12.4 Å². The number of amides is 2. The predicted octanol–water partition coefficient (Wildman–Crippen LogP) is 3.58. The van der Waals surface area contributed by atoms with Crippen LogP contribution in [-0.4, -0.2) is 47.2 Å². The average molecular weight is 484 g/mol. The highest BCUT2D eigenvalue weighted by molar-refractivity contribution is 6.02. The van der Waals surface area contributed by atoms with Gasteiger partial charge >= 0.3 is 0 Å². The first kappa shape index (κ1) is 25.9. The average Bonchev–Trinajstić information content (AvgIpc) is 3.08. The van der Waals surface area contributed by atoms with Gasteiger partial charge in [0.25, 0.3) is 0 Å². The Hall–Kier alpha value is -2.70. The molecule has 1 fully saturated rings. The Balaban J connectivity index is 0.00000324. The van der Waals surface area contributed by atoms with Crippen LogP contribution in [0.4, 0.5) is 0 Å². The van der Waals surface area contributed by atoms with Crippen LogP contribution in [-0.2, 0) is 15.0 Å². The summed E-state index contributed by atoms with van der Waals surface area (Å²) in [6.07, 6.45) is 1.99. The molecule has 2 amide bonds. The second kappa shape index (κ2) is 9.88. The van der Waals surface area contributed by atoms with E-state index in [-0.39, 0.29) is 41.3 Å². The van der Waals surface area contributed by atoms with Crippen molar-refractivity contribution in [3.05, 3.63) is 71.3 Å². The lowest BCUT2D eigenvalue weighted by Gasteiger charge is -2.41. The van der Waals surface area contributed by atoms with Gasteiger partial charge in [-0.15, -0.1) is 12.4 Å². The zero-order valence-corrected chi connectivity index (χ0v) is 20.9. The highest BCUT2D eigenvalue weighted by Crippen LogP contribution is 2.46. The molecule has 34 heavy (non-hydrogen) atoms. The molecule has 2 aromatic carbocycles. The van der Waals surface area contributed by atoms with E-state index in [1.165, 1.54) is 0 Å². The zero-order valence-electron chi connectivity index (χ0n) is 20.0. The summed E-state index contributed by atoms with van der Waals surface area (Å²) in [5, 5.41) is 2.93. The molecule has 0 radical (unpaired) electrons. The van der Waals surface area contributed by atoms with Gasteiger partial charge in [-0.2, -0.15) is 0 Å². The fourth-order valence-corrected chi connectivity index (χ4v) is 5.16. The Kier molecular flexibility index (Phi) is 7.53. The van der Waals surface area contributed by atoms with E-state index in [9.17, 15) is 14.4 Å². The first-order valence-corrected chi connectivity index (χ1v) is 11.7. The Morgan fingerprint density at radius 3 is 2.24 bits per heavy atom. The van der Waals surface area contributed by atoms with E-state index in [1.54, 1.807) is 13.8 Å². The van der Waals surface area contributed by atoms with E-state index in [1.807, 2.05) is 60.4 Å². The van der Waals surface area contributed by atoms with E-state index in [2.05, 4.69) is 11.4 Å². The molecule has 7 heteroatoms. The fraction of sp³-hybridized carbons (Fsp3) is 0.444. The van der Waals surface area contributed by atoms with Crippen LogP contribution in [0.25, 0.3) is 0 Å². The lowest BCUT2D eigenvalue weighted by Crippen LogP contribution is -2.59. The van der Waals surface area contributed by atoms with Crippen molar-refractivity contribution in [2.75, 3.05) is 13.1 Å². The van der Waals surface area contributed by atoms with Crippen LogP contribution in [0.2, 0.25) is 0 Å². The van der Waals surface area contributed by atoms with Crippen molar-refractivity contribution < 1.29 is 14.4 Å². The molecule has 0 bridgehead atoms. The molecule has 6 nitrogen and oxygen atoms in total. The van der Waals surface area contributed by atoms with Gasteiger partial charge in [0.15, 0.2) is 5.78 Å². The van der Waals surface area contributed by atoms with E-state index in [0.717, 1.165) is 29.5 Å². The number of piperidine rings is 1. The van der Waals surface area contributed by atoms with Crippen molar-refractivity contribution in [3.63, 3.8) is 0 Å². The maximum Gasteiger partial charge on any atom is 0.245 e. The van der Waals surface area contributed by atoms with Crippen LogP contribution in [0.5, 0.6) is 0 Å². The number of nitrogens with zero attached hydrogens (tertiary/aromatic N) is 1. The summed E-state index contributed by atoms with van der Waals surface area (Å²) >= 11 is 0. The number of nitrogens with one attached hydrogen (secondary N) is 1. The minimum atomic E-state index is -1.09. The van der Waals surface area contributed by atoms with Gasteiger partial charge in [-0.1, -0.05) is 61.5 Å². The van der Waals surface area contributed by atoms with Gasteiger partial charge in [0.1, 0.15) is 6.04 Å². The Bertz CT molecular complexity index is 1060. The molecule has 4 rings (SSSR count). The molecule has 2 atom stereocenters. The Labute approximate surface area is 207 Å². The van der Waals surface area contributed by atoms with Gasteiger partial charge in [-0.25, -0.2) is 0 Å². The van der Waals surface area contributed by atoms with Crippen molar-refractivity contribution in [1.29, 1.82) is 0 Å². The summed E-state index contributed by atoms with van der Waals surface area (Å²) in [5.74, 6) is -0.475. The number of hydrogen-bond acceptors (Lipinski definition) is 4. The number of benzene rings is 2. The van der Waals surface area contributed by atoms with E-state index in [4.69, 9.17) is 5.73 Å². The topological polar surface area (TPSA) is 92.5 Å². The third-order valence-electron chi connectivity index (χ3n) is 7.29. The smallest absolute Gasteiger partial charge is 0.245 e. The molecular weight excluding hydrogens is 450 g/mol. The summed E-state index contributed by atoms with van der Waals surface area (Å²) in [5.41, 5.74) is 7.66. The maximum absolute atomic E-state index is 13.7. The molecule has 1 aliphatic carbocycles. The van der Waals surface area contributed by atoms with Crippen molar-refractivity contribution in [2.24, 2.45) is 5.73 Å². The number of rotatable bonds is 5. The molecule has 3 N–H and O–H groups in total. The summed E-state index contributed by atoms with van der Waals surface area (Å²) in [4.78, 5) is 40.8. The molecule has 2 aliphatic rings. The van der Waals surface area contributed by atoms with Gasteiger partial charge in [0.05, 0.1) is 5.54 Å². The van der Waals surface area contributed by atoms with Crippen LogP contribution in [0.3, 0.4) is 0 Å². The number of fused-ring (bicyclic) bond motifs is 2. The van der Waals surface area contributed by atoms with Crippen LogP contribution in [0.15, 0.2) is 54.6 Å². The van der Waals surface area contributed by atoms with E-state index in [0.29, 0.717) is 19.5 Å². The monoisotopic (exact) mass is 483 g/mol. The number of carbonyl (C=O) groups excluding carboxylic acids is 3. The summed E-state index contributed by atoms with van der Waals surface area (Å²) < 4.78 is 0. The van der Waals surface area contributed by atoms with Crippen LogP contribution in [0, 0.1) is 0 Å². The molecule has 182 valence electrons. The first-order chi connectivity index (χ1) is 15.6. The summed E-state index contributed by atoms with van der Waals surface area (Å²) in [7, 11) is 0. The second-order valence-corrected chi connectivity index (χ2v) is 10.1. The SMILES string of the molecule is CC(c1ccccc1)C(NC(=O)C(C)(C)N)C(=O)N1CCC2(CC1)CC(=O)c1ccccc12.Cl. The minimum Gasteiger partial charge on any atom is -0.342 e. The highest BCUT2D eigenvalue weighted by Gasteiger charge is 2.46. The van der Waals surface area contributed by atoms with Gasteiger partial charge in [0, 0.05) is 36.4 Å². The Morgan fingerprint density at radius 2 is 1.62 bits per heavy atom. The third-order valence-corrected chi connectivity index (χ3v) is 7.29. The van der Waals surface area contributed by atoms with Crippen LogP contribution < -0.4 is 11.1 Å². The molecule has 0 aromatic heterocycles. The number of hydrogen-bond donors (Lipinski definition) is 2. The maximum atomic E-state index is 13.7. The van der Waals surface area contributed by atoms with E-state index < -0.39 is 11.6 Å². The van der Waals surface area contributed by atoms with Crippen molar-refractivity contribution in [1.82, 2.24) is 10.2 Å². The summed E-state index contributed by atoms with van der Waals surface area (Å²) in [6.45, 7) is 6.34. The molecule has 1 aliphatic heterocycles. The van der Waals surface area contributed by atoms with Crippen molar-refractivity contribution >= 4 is 30.0 Å². The van der Waals surface area contributed by atoms with Gasteiger partial charge in [0.2, 0.25) is 11.8 Å². The molecule has 1 spiro atoms. The second-order valence-electron chi connectivity index (χ2n) is 10.1. The quantitative estimate of drug-likeness (QED) is 0.679. The van der Waals surface area contributed by atoms with Gasteiger partial charge in [-0.3, -0.25) is 14.4 Å². The van der Waals surface area contributed by atoms with Gasteiger partial charge in [-0.05, 0) is 37.8 Å². The first-order valence-electron chi connectivity index (χ1n) is 11.7. The zero-order chi connectivity index (χ0) is 23.8. The molecule has 2 unspecified atom stereocenters. The number of Topliss-reactive ketones (excluding diaryl/α,β-unsaturated/α-hetero) is 1. The number of likely N-dealkylation sites (tertiary alicyclic amines) is 1. The lowest BCUT2D eigenvalue weighted by molar-refractivity contribution is -0.139. The van der Waals surface area contributed by atoms with E-state index >= 15 is 0 Å². The standard InChI is InChI=1S/C27H33N3O3.ClH/c1-18(19-9-5-4-6-10-19)23(29-25(33)26(2,3)28)24(32)30-15-13-27(14-16-30)17-22(31)20-11-7-8-12-21(20)27;/h4-12,18,23H,13-17,28H2,1-3H3,(H,29,33);1H. The van der Waals surface area contributed by atoms with Crippen molar-refractivity contribution in [3.8, 4) is 0 Å². The molecular formula is C27H34ClN3O3. The number of nitrogens with two attached hydrogens (primary N) is 1. The largest absolute Gasteiger partial charge is 0.342 e. The molecule has 0 saturated carbocycles. The van der Waals surface area contributed by atoms with Crippen molar-refractivity contribution in [2.45, 2.75) is 62.9 Å². The molecule has 1 heterocycles. The fourth-order valence-electron chi connectivity index (χ4n) is 5.16. The molecule has 2 aromatic rings. The number of ketones is 1. The normalized spacial score (nSPS) is 18.6. The number of carbonyl (C=O) groups is 3. The summed E-state index contributed by atoms with van der Waals surface area (Å²) in [6, 6.07) is 16.9. The minimum absolute atomic E-state index is 0.